The van der Waals surface area contributed by atoms with E-state index in [9.17, 15) is 4.79 Å². The van der Waals surface area contributed by atoms with Crippen LogP contribution in [0.5, 0.6) is 0 Å². The Kier molecular flexibility index (Phi) is 5.22. The Morgan fingerprint density at radius 1 is 1.53 bits per heavy atom. The molecule has 1 rings (SSSR count). The zero-order valence-electron chi connectivity index (χ0n) is 9.77. The Bertz CT molecular complexity index is 389. The van der Waals surface area contributed by atoms with Gasteiger partial charge in [-0.1, -0.05) is 34.1 Å². The average molecular weight is 298 g/mol. The summed E-state index contributed by atoms with van der Waals surface area (Å²) < 4.78 is 0.987. The normalized spacial score (nSPS) is 11.9. The van der Waals surface area contributed by atoms with Gasteiger partial charge in [0.1, 0.15) is 0 Å². The van der Waals surface area contributed by atoms with Crippen LogP contribution in [0.15, 0.2) is 41.4 Å². The summed E-state index contributed by atoms with van der Waals surface area (Å²) >= 11 is 3.36. The highest BCUT2D eigenvalue weighted by Gasteiger charge is 2.19. The van der Waals surface area contributed by atoms with E-state index in [1.54, 1.807) is 6.08 Å². The fourth-order valence-corrected chi connectivity index (χ4v) is 1.87. The zero-order valence-corrected chi connectivity index (χ0v) is 11.4. The number of amides is 1. The molecule has 0 aromatic heterocycles. The van der Waals surface area contributed by atoms with Gasteiger partial charge in [-0.25, -0.2) is 4.79 Å². The van der Waals surface area contributed by atoms with Gasteiger partial charge in [-0.05, 0) is 31.0 Å². The molecule has 1 N–H and O–H groups in total. The summed E-state index contributed by atoms with van der Waals surface area (Å²) in [6.45, 7) is 5.97. The largest absolute Gasteiger partial charge is 0.465 e. The van der Waals surface area contributed by atoms with Crippen molar-refractivity contribution in [3.8, 4) is 0 Å². The molecule has 0 aliphatic rings. The molecular formula is C13H16BrNO2. The van der Waals surface area contributed by atoms with E-state index in [-0.39, 0.29) is 6.04 Å². The summed E-state index contributed by atoms with van der Waals surface area (Å²) in [5, 5.41) is 9.17. The van der Waals surface area contributed by atoms with Gasteiger partial charge in [0.05, 0.1) is 6.04 Å². The van der Waals surface area contributed by atoms with Crippen LogP contribution in [0.2, 0.25) is 0 Å². The Morgan fingerprint density at radius 3 is 2.59 bits per heavy atom. The fraction of sp³-hybridized carbons (Fsp3) is 0.308. The highest BCUT2D eigenvalue weighted by molar-refractivity contribution is 9.10. The number of carboxylic acid groups (broad SMARTS) is 1. The van der Waals surface area contributed by atoms with Crippen molar-refractivity contribution in [2.45, 2.75) is 19.4 Å². The van der Waals surface area contributed by atoms with Gasteiger partial charge >= 0.3 is 6.09 Å². The molecule has 17 heavy (non-hydrogen) atoms. The van der Waals surface area contributed by atoms with E-state index in [0.29, 0.717) is 13.0 Å². The molecule has 0 fully saturated rings. The molecule has 1 atom stereocenters. The first kappa shape index (κ1) is 13.8. The molecule has 1 unspecified atom stereocenters. The van der Waals surface area contributed by atoms with E-state index >= 15 is 0 Å². The predicted molar refractivity (Wildman–Crippen MR) is 72.1 cm³/mol. The van der Waals surface area contributed by atoms with Crippen LogP contribution in [0.25, 0.3) is 0 Å². The average Bonchev–Trinajstić information content (AvgIpc) is 2.29. The lowest BCUT2D eigenvalue weighted by atomic mass is 10.1. The van der Waals surface area contributed by atoms with Gasteiger partial charge < -0.3 is 10.0 Å². The summed E-state index contributed by atoms with van der Waals surface area (Å²) in [7, 11) is 0. The minimum atomic E-state index is -0.901. The molecule has 0 saturated carbocycles. The smallest absolute Gasteiger partial charge is 0.407 e. The van der Waals surface area contributed by atoms with Crippen LogP contribution in [0.3, 0.4) is 0 Å². The van der Waals surface area contributed by atoms with Gasteiger partial charge in [-0.15, -0.1) is 6.58 Å². The molecule has 0 aliphatic heterocycles. The van der Waals surface area contributed by atoms with Crippen molar-refractivity contribution in [1.82, 2.24) is 4.90 Å². The van der Waals surface area contributed by atoms with Gasteiger partial charge in [0.25, 0.3) is 0 Å². The predicted octanol–water partition coefficient (Wildman–Crippen LogP) is 4.07. The third-order valence-electron chi connectivity index (χ3n) is 2.64. The Labute approximate surface area is 110 Å². The highest BCUT2D eigenvalue weighted by Crippen LogP contribution is 2.22. The number of hydrogen-bond acceptors (Lipinski definition) is 1. The molecule has 1 aromatic rings. The maximum atomic E-state index is 11.2. The lowest BCUT2D eigenvalue weighted by Gasteiger charge is -2.26. The van der Waals surface area contributed by atoms with E-state index in [2.05, 4.69) is 22.5 Å². The van der Waals surface area contributed by atoms with Crippen molar-refractivity contribution < 1.29 is 9.90 Å². The molecule has 1 aromatic carbocycles. The highest BCUT2D eigenvalue weighted by atomic mass is 79.9. The minimum Gasteiger partial charge on any atom is -0.465 e. The SMILES string of the molecule is C=CCCN(C(=O)O)C(C)c1ccc(Br)cc1. The Morgan fingerprint density at radius 2 is 2.12 bits per heavy atom. The number of rotatable bonds is 5. The van der Waals surface area contributed by atoms with Crippen molar-refractivity contribution in [3.05, 3.63) is 47.0 Å². The standard InChI is InChI=1S/C13H16BrNO2/c1-3-4-9-15(13(16)17)10(2)11-5-7-12(14)8-6-11/h3,5-8,10H,1,4,9H2,2H3,(H,16,17). The van der Waals surface area contributed by atoms with E-state index < -0.39 is 6.09 Å². The topological polar surface area (TPSA) is 40.5 Å². The Balaban J connectivity index is 2.83. The van der Waals surface area contributed by atoms with Crippen molar-refractivity contribution in [2.24, 2.45) is 0 Å². The third kappa shape index (κ3) is 3.89. The second kappa shape index (κ2) is 6.45. The van der Waals surface area contributed by atoms with Gasteiger partial charge in [0.15, 0.2) is 0 Å². The first-order chi connectivity index (χ1) is 8.06. The fourth-order valence-electron chi connectivity index (χ4n) is 1.61. The second-order valence-corrected chi connectivity index (χ2v) is 4.70. The molecule has 4 heteroatoms. The third-order valence-corrected chi connectivity index (χ3v) is 3.17. The summed E-state index contributed by atoms with van der Waals surface area (Å²) in [6, 6.07) is 7.54. The van der Waals surface area contributed by atoms with Crippen LogP contribution < -0.4 is 0 Å². The lowest BCUT2D eigenvalue weighted by molar-refractivity contribution is 0.129. The van der Waals surface area contributed by atoms with Crippen molar-refractivity contribution in [3.63, 3.8) is 0 Å². The van der Waals surface area contributed by atoms with Gasteiger partial charge in [0.2, 0.25) is 0 Å². The Hall–Kier alpha value is -1.29. The van der Waals surface area contributed by atoms with E-state index in [1.807, 2.05) is 31.2 Å². The molecule has 1 amide bonds. The van der Waals surface area contributed by atoms with Gasteiger partial charge in [-0.3, -0.25) is 0 Å². The number of nitrogens with zero attached hydrogens (tertiary/aromatic N) is 1. The number of hydrogen-bond donors (Lipinski definition) is 1. The molecular weight excluding hydrogens is 282 g/mol. The van der Waals surface area contributed by atoms with E-state index in [4.69, 9.17) is 5.11 Å². The van der Waals surface area contributed by atoms with Crippen LogP contribution >= 0.6 is 15.9 Å². The van der Waals surface area contributed by atoms with Crippen LogP contribution in [0, 0.1) is 0 Å². The lowest BCUT2D eigenvalue weighted by Crippen LogP contribution is -2.32. The first-order valence-electron chi connectivity index (χ1n) is 5.42. The summed E-state index contributed by atoms with van der Waals surface area (Å²) in [5.74, 6) is 0. The molecule has 0 saturated heterocycles. The molecule has 0 bridgehead atoms. The van der Waals surface area contributed by atoms with Crippen molar-refractivity contribution in [1.29, 1.82) is 0 Å². The number of carbonyl (C=O) groups is 1. The zero-order chi connectivity index (χ0) is 12.8. The van der Waals surface area contributed by atoms with Crippen LogP contribution in [-0.4, -0.2) is 22.6 Å². The van der Waals surface area contributed by atoms with E-state index in [1.165, 1.54) is 4.90 Å². The quantitative estimate of drug-likeness (QED) is 0.833. The summed E-state index contributed by atoms with van der Waals surface area (Å²) in [4.78, 5) is 12.6. The molecule has 0 spiro atoms. The molecule has 0 aliphatic carbocycles. The first-order valence-corrected chi connectivity index (χ1v) is 6.21. The monoisotopic (exact) mass is 297 g/mol. The number of halogens is 1. The maximum absolute atomic E-state index is 11.2. The van der Waals surface area contributed by atoms with Crippen LogP contribution in [0.4, 0.5) is 4.79 Å². The summed E-state index contributed by atoms with van der Waals surface area (Å²) in [6.07, 6.45) is 1.49. The van der Waals surface area contributed by atoms with E-state index in [0.717, 1.165) is 10.0 Å². The maximum Gasteiger partial charge on any atom is 0.407 e. The van der Waals surface area contributed by atoms with Gasteiger partial charge in [0, 0.05) is 11.0 Å². The molecule has 0 radical (unpaired) electrons. The number of benzene rings is 1. The second-order valence-electron chi connectivity index (χ2n) is 3.78. The van der Waals surface area contributed by atoms with Crippen LogP contribution in [0.1, 0.15) is 24.9 Å². The summed E-state index contributed by atoms with van der Waals surface area (Å²) in [5.41, 5.74) is 0.986. The van der Waals surface area contributed by atoms with Crippen molar-refractivity contribution >= 4 is 22.0 Å². The minimum absolute atomic E-state index is 0.152. The van der Waals surface area contributed by atoms with Crippen molar-refractivity contribution in [2.75, 3.05) is 6.54 Å². The molecule has 3 nitrogen and oxygen atoms in total. The van der Waals surface area contributed by atoms with Crippen LogP contribution in [-0.2, 0) is 0 Å². The van der Waals surface area contributed by atoms with Gasteiger partial charge in [-0.2, -0.15) is 0 Å². The molecule has 0 heterocycles. The molecule has 92 valence electrons.